The summed E-state index contributed by atoms with van der Waals surface area (Å²) in [6.45, 7) is 0. The first-order valence-electron chi connectivity index (χ1n) is 8.48. The number of aliphatic carboxylic acids is 1. The Labute approximate surface area is 158 Å². The molecule has 7 heteroatoms. The predicted molar refractivity (Wildman–Crippen MR) is 101 cm³/mol. The zero-order valence-electron chi connectivity index (χ0n) is 15.3. The van der Waals surface area contributed by atoms with Gasteiger partial charge < -0.3 is 25.6 Å². The van der Waals surface area contributed by atoms with Gasteiger partial charge in [0.2, 0.25) is 5.91 Å². The summed E-state index contributed by atoms with van der Waals surface area (Å²) in [6, 6.07) is 12.5. The topological polar surface area (TPSA) is 111 Å². The summed E-state index contributed by atoms with van der Waals surface area (Å²) in [7, 11) is 3.02. The molecule has 0 radical (unpaired) electrons. The van der Waals surface area contributed by atoms with E-state index in [9.17, 15) is 14.7 Å². The van der Waals surface area contributed by atoms with Crippen molar-refractivity contribution in [2.75, 3.05) is 14.2 Å². The van der Waals surface area contributed by atoms with Crippen molar-refractivity contribution in [1.29, 1.82) is 0 Å². The van der Waals surface area contributed by atoms with Crippen LogP contribution in [-0.2, 0) is 22.4 Å². The molecule has 0 aliphatic rings. The Morgan fingerprint density at radius 1 is 1.00 bits per heavy atom. The molecule has 0 bridgehead atoms. The molecule has 2 aromatic rings. The molecule has 0 heterocycles. The van der Waals surface area contributed by atoms with E-state index in [1.165, 1.54) is 14.2 Å². The van der Waals surface area contributed by atoms with Crippen molar-refractivity contribution in [2.45, 2.75) is 24.9 Å². The Kier molecular flexibility index (Phi) is 7.19. The maximum Gasteiger partial charge on any atom is 0.326 e. The summed E-state index contributed by atoms with van der Waals surface area (Å²) in [5.41, 5.74) is 7.53. The fourth-order valence-electron chi connectivity index (χ4n) is 2.68. The van der Waals surface area contributed by atoms with E-state index < -0.39 is 24.0 Å². The summed E-state index contributed by atoms with van der Waals surface area (Å²) in [5, 5.41) is 12.0. The molecule has 0 aromatic heterocycles. The second-order valence-corrected chi connectivity index (χ2v) is 6.09. The van der Waals surface area contributed by atoms with Crippen LogP contribution in [0.1, 0.15) is 11.1 Å². The maximum atomic E-state index is 12.3. The maximum absolute atomic E-state index is 12.3. The molecule has 0 aliphatic carbocycles. The molecule has 0 aliphatic heterocycles. The second-order valence-electron chi connectivity index (χ2n) is 6.09. The number of carboxylic acid groups (broad SMARTS) is 1. The molecular formula is C20H24N2O5. The molecule has 7 nitrogen and oxygen atoms in total. The number of hydrogen-bond acceptors (Lipinski definition) is 5. The number of ether oxygens (including phenoxy) is 2. The number of benzene rings is 2. The van der Waals surface area contributed by atoms with E-state index in [2.05, 4.69) is 5.32 Å². The Morgan fingerprint density at radius 3 is 2.26 bits per heavy atom. The average molecular weight is 372 g/mol. The zero-order valence-corrected chi connectivity index (χ0v) is 15.3. The van der Waals surface area contributed by atoms with Crippen LogP contribution in [0.2, 0.25) is 0 Å². The van der Waals surface area contributed by atoms with E-state index in [0.29, 0.717) is 23.5 Å². The van der Waals surface area contributed by atoms with E-state index in [0.717, 1.165) is 5.56 Å². The molecule has 0 unspecified atom stereocenters. The van der Waals surface area contributed by atoms with Crippen molar-refractivity contribution < 1.29 is 24.2 Å². The van der Waals surface area contributed by atoms with Crippen molar-refractivity contribution in [2.24, 2.45) is 5.73 Å². The van der Waals surface area contributed by atoms with Gasteiger partial charge in [-0.25, -0.2) is 4.79 Å². The van der Waals surface area contributed by atoms with Crippen molar-refractivity contribution in [3.63, 3.8) is 0 Å². The minimum absolute atomic E-state index is 0.0967. The van der Waals surface area contributed by atoms with Crippen molar-refractivity contribution in [1.82, 2.24) is 5.32 Å². The lowest BCUT2D eigenvalue weighted by Gasteiger charge is -2.18. The Morgan fingerprint density at radius 2 is 1.67 bits per heavy atom. The number of amides is 1. The molecule has 0 spiro atoms. The highest BCUT2D eigenvalue weighted by molar-refractivity contribution is 5.87. The van der Waals surface area contributed by atoms with Gasteiger partial charge in [0.05, 0.1) is 20.3 Å². The summed E-state index contributed by atoms with van der Waals surface area (Å²) >= 11 is 0. The van der Waals surface area contributed by atoms with Gasteiger partial charge in [-0.15, -0.1) is 0 Å². The van der Waals surface area contributed by atoms with Gasteiger partial charge in [0.25, 0.3) is 0 Å². The number of carboxylic acids is 1. The highest BCUT2D eigenvalue weighted by atomic mass is 16.5. The van der Waals surface area contributed by atoms with Gasteiger partial charge >= 0.3 is 5.97 Å². The zero-order chi connectivity index (χ0) is 19.8. The van der Waals surface area contributed by atoms with E-state index in [1.807, 2.05) is 30.3 Å². The number of hydrogen-bond donors (Lipinski definition) is 3. The van der Waals surface area contributed by atoms with Crippen LogP contribution in [0.4, 0.5) is 0 Å². The van der Waals surface area contributed by atoms with Crippen LogP contribution < -0.4 is 20.5 Å². The molecule has 0 saturated carbocycles. The van der Waals surface area contributed by atoms with Gasteiger partial charge in [-0.2, -0.15) is 0 Å². The lowest BCUT2D eigenvalue weighted by molar-refractivity contribution is -0.141. The van der Waals surface area contributed by atoms with Gasteiger partial charge in [0.15, 0.2) is 11.5 Å². The molecule has 0 saturated heterocycles. The molecule has 1 amide bonds. The van der Waals surface area contributed by atoms with E-state index >= 15 is 0 Å². The molecule has 2 atom stereocenters. The minimum Gasteiger partial charge on any atom is -0.493 e. The van der Waals surface area contributed by atoms with Crippen molar-refractivity contribution in [3.8, 4) is 11.5 Å². The van der Waals surface area contributed by atoms with Crippen LogP contribution in [0.15, 0.2) is 48.5 Å². The first-order chi connectivity index (χ1) is 12.9. The minimum atomic E-state index is -1.13. The number of carbonyl (C=O) groups excluding carboxylic acids is 1. The summed E-state index contributed by atoms with van der Waals surface area (Å²) in [5.74, 6) is -0.606. The molecule has 2 aromatic carbocycles. The summed E-state index contributed by atoms with van der Waals surface area (Å²) < 4.78 is 10.4. The third-order valence-electron chi connectivity index (χ3n) is 4.14. The highest BCUT2D eigenvalue weighted by Gasteiger charge is 2.24. The number of nitrogens with one attached hydrogen (secondary N) is 1. The first-order valence-corrected chi connectivity index (χ1v) is 8.48. The summed E-state index contributed by atoms with van der Waals surface area (Å²) in [6.07, 6.45) is 0.425. The lowest BCUT2D eigenvalue weighted by Crippen LogP contribution is -2.50. The predicted octanol–water partition coefficient (Wildman–Crippen LogP) is 1.39. The number of methoxy groups -OCH3 is 2. The van der Waals surface area contributed by atoms with Gasteiger partial charge in [-0.1, -0.05) is 36.4 Å². The third-order valence-corrected chi connectivity index (χ3v) is 4.14. The first kappa shape index (κ1) is 20.3. The largest absolute Gasteiger partial charge is 0.493 e. The van der Waals surface area contributed by atoms with Crippen LogP contribution in [0.25, 0.3) is 0 Å². The average Bonchev–Trinajstić information content (AvgIpc) is 2.67. The smallest absolute Gasteiger partial charge is 0.326 e. The third kappa shape index (κ3) is 5.72. The number of nitrogens with two attached hydrogens (primary N) is 1. The lowest BCUT2D eigenvalue weighted by atomic mass is 10.0. The molecule has 144 valence electrons. The van der Waals surface area contributed by atoms with Crippen molar-refractivity contribution >= 4 is 11.9 Å². The Balaban J connectivity index is 2.04. The fraction of sp³-hybridized carbons (Fsp3) is 0.300. The van der Waals surface area contributed by atoms with E-state index in [4.69, 9.17) is 15.2 Å². The normalized spacial score (nSPS) is 12.7. The van der Waals surface area contributed by atoms with Crippen LogP contribution in [-0.4, -0.2) is 43.3 Å². The number of carbonyl (C=O) groups is 2. The Hall–Kier alpha value is -3.06. The molecule has 4 N–H and O–H groups in total. The van der Waals surface area contributed by atoms with Gasteiger partial charge in [-0.05, 0) is 29.7 Å². The quantitative estimate of drug-likeness (QED) is 0.613. The van der Waals surface area contributed by atoms with Crippen LogP contribution in [0.5, 0.6) is 11.5 Å². The fourth-order valence-corrected chi connectivity index (χ4v) is 2.68. The summed E-state index contributed by atoms with van der Waals surface area (Å²) in [4.78, 5) is 23.9. The van der Waals surface area contributed by atoms with E-state index in [1.54, 1.807) is 18.2 Å². The van der Waals surface area contributed by atoms with Gasteiger partial charge in [-0.3, -0.25) is 4.79 Å². The Bertz CT molecular complexity index is 779. The molecule has 2 rings (SSSR count). The van der Waals surface area contributed by atoms with Crippen LogP contribution in [0.3, 0.4) is 0 Å². The second kappa shape index (κ2) is 9.59. The molecular weight excluding hydrogens is 348 g/mol. The standard InChI is InChI=1S/C20H24N2O5/c1-26-17-9-8-14(12-18(17)27-2)11-16(20(24)25)22-19(23)15(21)10-13-6-4-3-5-7-13/h3-9,12,15-16H,10-11,21H2,1-2H3,(H,22,23)(H,24,25)/t15-,16-/m0/s1. The molecule has 0 fully saturated rings. The molecule has 27 heavy (non-hydrogen) atoms. The highest BCUT2D eigenvalue weighted by Crippen LogP contribution is 2.28. The van der Waals surface area contributed by atoms with E-state index in [-0.39, 0.29) is 6.42 Å². The number of rotatable bonds is 9. The van der Waals surface area contributed by atoms with Gasteiger partial charge in [0.1, 0.15) is 6.04 Å². The van der Waals surface area contributed by atoms with Crippen LogP contribution >= 0.6 is 0 Å². The monoisotopic (exact) mass is 372 g/mol. The van der Waals surface area contributed by atoms with Crippen molar-refractivity contribution in [3.05, 3.63) is 59.7 Å². The SMILES string of the molecule is COc1ccc(C[C@H](NC(=O)[C@@H](N)Cc2ccccc2)C(=O)O)cc1OC. The van der Waals surface area contributed by atoms with Gasteiger partial charge in [0, 0.05) is 6.42 Å². The van der Waals surface area contributed by atoms with Crippen LogP contribution in [0, 0.1) is 0 Å².